The Morgan fingerprint density at radius 3 is 2.22 bits per heavy atom. The third kappa shape index (κ3) is 2.78. The standard InChI is InChI=1S/C21H17NS/c1-15-12-13-18-19(14-15)22-20(16-8-4-2-5-9-16)21(18)23-17-10-6-3-7-11-17/h2-14,22H,1H3. The summed E-state index contributed by atoms with van der Waals surface area (Å²) >= 11 is 1.82. The average molecular weight is 315 g/mol. The fourth-order valence-electron chi connectivity index (χ4n) is 2.81. The van der Waals surface area contributed by atoms with Crippen molar-refractivity contribution in [3.05, 3.63) is 84.4 Å². The molecule has 3 aromatic carbocycles. The van der Waals surface area contributed by atoms with Gasteiger partial charge in [-0.2, -0.15) is 0 Å². The van der Waals surface area contributed by atoms with Crippen LogP contribution in [0.15, 0.2) is 88.7 Å². The Labute approximate surface area is 140 Å². The molecule has 0 bridgehead atoms. The Kier molecular flexibility index (Phi) is 3.68. The summed E-state index contributed by atoms with van der Waals surface area (Å²) in [5.41, 5.74) is 4.89. The van der Waals surface area contributed by atoms with Gasteiger partial charge >= 0.3 is 0 Å². The van der Waals surface area contributed by atoms with Gasteiger partial charge in [-0.25, -0.2) is 0 Å². The number of hydrogen-bond donors (Lipinski definition) is 1. The Morgan fingerprint density at radius 1 is 0.783 bits per heavy atom. The number of hydrogen-bond acceptors (Lipinski definition) is 1. The average Bonchev–Trinajstić information content (AvgIpc) is 2.94. The van der Waals surface area contributed by atoms with Crippen LogP contribution in [0.1, 0.15) is 5.56 Å². The maximum absolute atomic E-state index is 3.62. The number of rotatable bonds is 3. The maximum atomic E-state index is 3.62. The molecule has 1 nitrogen and oxygen atoms in total. The van der Waals surface area contributed by atoms with Gasteiger partial charge in [-0.1, -0.05) is 72.4 Å². The summed E-state index contributed by atoms with van der Waals surface area (Å²) in [4.78, 5) is 6.17. The number of H-pyrrole nitrogens is 1. The highest BCUT2D eigenvalue weighted by Crippen LogP contribution is 2.41. The van der Waals surface area contributed by atoms with E-state index in [1.54, 1.807) is 0 Å². The number of aromatic amines is 1. The lowest BCUT2D eigenvalue weighted by Crippen LogP contribution is -1.80. The van der Waals surface area contributed by atoms with Crippen molar-refractivity contribution in [2.75, 3.05) is 0 Å². The van der Waals surface area contributed by atoms with E-state index < -0.39 is 0 Å². The predicted molar refractivity (Wildman–Crippen MR) is 99.0 cm³/mol. The molecule has 1 heterocycles. The second kappa shape index (κ2) is 5.98. The van der Waals surface area contributed by atoms with Crippen molar-refractivity contribution in [2.24, 2.45) is 0 Å². The molecule has 112 valence electrons. The molecular weight excluding hydrogens is 298 g/mol. The second-order valence-electron chi connectivity index (χ2n) is 5.66. The largest absolute Gasteiger partial charge is 0.354 e. The normalized spacial score (nSPS) is 11.0. The first kappa shape index (κ1) is 14.2. The zero-order valence-electron chi connectivity index (χ0n) is 12.9. The molecule has 0 radical (unpaired) electrons. The van der Waals surface area contributed by atoms with Crippen molar-refractivity contribution in [3.8, 4) is 11.3 Å². The van der Waals surface area contributed by atoms with Crippen LogP contribution in [0.25, 0.3) is 22.2 Å². The van der Waals surface area contributed by atoms with E-state index in [1.165, 1.54) is 37.5 Å². The SMILES string of the molecule is Cc1ccc2c(Sc3ccccc3)c(-c3ccccc3)[nH]c2c1. The van der Waals surface area contributed by atoms with Gasteiger partial charge in [0.1, 0.15) is 0 Å². The van der Waals surface area contributed by atoms with Gasteiger partial charge in [0.25, 0.3) is 0 Å². The van der Waals surface area contributed by atoms with Crippen LogP contribution in [0.3, 0.4) is 0 Å². The number of aromatic nitrogens is 1. The lowest BCUT2D eigenvalue weighted by molar-refractivity contribution is 1.38. The minimum atomic E-state index is 1.19. The van der Waals surface area contributed by atoms with Crippen molar-refractivity contribution in [3.63, 3.8) is 0 Å². The summed E-state index contributed by atoms with van der Waals surface area (Å²) in [5.74, 6) is 0. The van der Waals surface area contributed by atoms with E-state index in [1.807, 2.05) is 11.8 Å². The van der Waals surface area contributed by atoms with Crippen LogP contribution in [-0.2, 0) is 0 Å². The minimum Gasteiger partial charge on any atom is -0.354 e. The van der Waals surface area contributed by atoms with Gasteiger partial charge in [0.15, 0.2) is 0 Å². The fraction of sp³-hybridized carbons (Fsp3) is 0.0476. The van der Waals surface area contributed by atoms with Crippen molar-refractivity contribution >= 4 is 22.7 Å². The number of benzene rings is 3. The van der Waals surface area contributed by atoms with E-state index >= 15 is 0 Å². The quantitative estimate of drug-likeness (QED) is 0.469. The first-order chi connectivity index (χ1) is 11.3. The van der Waals surface area contributed by atoms with Crippen molar-refractivity contribution < 1.29 is 0 Å². The molecule has 0 saturated carbocycles. The zero-order chi connectivity index (χ0) is 15.6. The van der Waals surface area contributed by atoms with Gasteiger partial charge < -0.3 is 4.98 Å². The van der Waals surface area contributed by atoms with Gasteiger partial charge in [-0.3, -0.25) is 0 Å². The molecule has 4 rings (SSSR count). The van der Waals surface area contributed by atoms with Gasteiger partial charge in [0, 0.05) is 20.7 Å². The maximum Gasteiger partial charge on any atom is 0.0606 e. The van der Waals surface area contributed by atoms with E-state index in [9.17, 15) is 0 Å². The molecule has 23 heavy (non-hydrogen) atoms. The molecule has 1 N–H and O–H groups in total. The van der Waals surface area contributed by atoms with E-state index in [4.69, 9.17) is 0 Å². The first-order valence-electron chi connectivity index (χ1n) is 7.72. The van der Waals surface area contributed by atoms with Crippen molar-refractivity contribution in [1.29, 1.82) is 0 Å². The first-order valence-corrected chi connectivity index (χ1v) is 8.53. The molecule has 4 aromatic rings. The summed E-state index contributed by atoms with van der Waals surface area (Å²) in [7, 11) is 0. The lowest BCUT2D eigenvalue weighted by atomic mass is 10.1. The molecule has 0 aliphatic rings. The number of fused-ring (bicyclic) bond motifs is 1. The van der Waals surface area contributed by atoms with Crippen LogP contribution in [0.4, 0.5) is 0 Å². The van der Waals surface area contributed by atoms with Crippen LogP contribution in [0.2, 0.25) is 0 Å². The Hall–Kier alpha value is -2.45. The third-order valence-corrected chi connectivity index (χ3v) is 5.07. The van der Waals surface area contributed by atoms with Gasteiger partial charge in [0.2, 0.25) is 0 Å². The monoisotopic (exact) mass is 315 g/mol. The Bertz CT molecular complexity index is 940. The summed E-state index contributed by atoms with van der Waals surface area (Å²) in [6, 6.07) is 27.7. The Balaban J connectivity index is 1.92. The highest BCUT2D eigenvalue weighted by Gasteiger charge is 2.14. The van der Waals surface area contributed by atoms with Gasteiger partial charge in [-0.15, -0.1) is 0 Å². The summed E-state index contributed by atoms with van der Waals surface area (Å²) in [6.45, 7) is 2.13. The topological polar surface area (TPSA) is 15.8 Å². The van der Waals surface area contributed by atoms with E-state index in [0.29, 0.717) is 0 Å². The molecule has 0 saturated heterocycles. The second-order valence-corrected chi connectivity index (χ2v) is 6.74. The molecule has 0 aliphatic carbocycles. The zero-order valence-corrected chi connectivity index (χ0v) is 13.7. The van der Waals surface area contributed by atoms with Crippen molar-refractivity contribution in [1.82, 2.24) is 4.98 Å². The minimum absolute atomic E-state index is 1.19. The predicted octanol–water partition coefficient (Wildman–Crippen LogP) is 6.29. The van der Waals surface area contributed by atoms with Crippen LogP contribution in [0.5, 0.6) is 0 Å². The van der Waals surface area contributed by atoms with Gasteiger partial charge in [0.05, 0.1) is 5.69 Å². The number of nitrogens with one attached hydrogen (secondary N) is 1. The smallest absolute Gasteiger partial charge is 0.0606 e. The van der Waals surface area contributed by atoms with Crippen molar-refractivity contribution in [2.45, 2.75) is 16.7 Å². The summed E-state index contributed by atoms with van der Waals surface area (Å²) < 4.78 is 0. The summed E-state index contributed by atoms with van der Waals surface area (Å²) in [5, 5.41) is 1.28. The molecule has 0 fully saturated rings. The van der Waals surface area contributed by atoms with Crippen LogP contribution >= 0.6 is 11.8 Å². The molecular formula is C21H17NS. The summed E-state index contributed by atoms with van der Waals surface area (Å²) in [6.07, 6.45) is 0. The van der Waals surface area contributed by atoms with E-state index in [2.05, 4.69) is 90.8 Å². The van der Waals surface area contributed by atoms with E-state index in [-0.39, 0.29) is 0 Å². The molecule has 0 amide bonds. The fourth-order valence-corrected chi connectivity index (χ4v) is 3.89. The van der Waals surface area contributed by atoms with Crippen LogP contribution in [0, 0.1) is 6.92 Å². The lowest BCUT2D eigenvalue weighted by Gasteiger charge is -2.05. The highest BCUT2D eigenvalue weighted by atomic mass is 32.2. The number of aryl methyl sites for hydroxylation is 1. The Morgan fingerprint density at radius 2 is 1.48 bits per heavy atom. The highest BCUT2D eigenvalue weighted by molar-refractivity contribution is 7.99. The molecule has 0 atom stereocenters. The third-order valence-electron chi connectivity index (χ3n) is 3.93. The molecule has 0 aliphatic heterocycles. The van der Waals surface area contributed by atoms with E-state index in [0.717, 1.165) is 0 Å². The molecule has 2 heteroatoms. The van der Waals surface area contributed by atoms with Crippen LogP contribution in [-0.4, -0.2) is 4.98 Å². The van der Waals surface area contributed by atoms with Gasteiger partial charge in [-0.05, 0) is 36.2 Å². The molecule has 0 spiro atoms. The molecule has 0 unspecified atom stereocenters. The molecule has 1 aromatic heterocycles. The van der Waals surface area contributed by atoms with Crippen LogP contribution < -0.4 is 0 Å².